The lowest BCUT2D eigenvalue weighted by Crippen LogP contribution is -2.29. The van der Waals surface area contributed by atoms with Crippen LogP contribution in [0.2, 0.25) is 0 Å². The highest BCUT2D eigenvalue weighted by Gasteiger charge is 2.06. The van der Waals surface area contributed by atoms with Gasteiger partial charge in [-0.05, 0) is 31.0 Å². The fraction of sp³-hybridized carbons (Fsp3) is 0.333. The molecule has 1 aromatic carbocycles. The quantitative estimate of drug-likeness (QED) is 0.818. The van der Waals surface area contributed by atoms with Gasteiger partial charge in [-0.25, -0.2) is 0 Å². The highest BCUT2D eigenvalue weighted by atomic mass is 16.5. The normalized spacial score (nSPS) is 10.2. The van der Waals surface area contributed by atoms with Crippen LogP contribution < -0.4 is 10.1 Å². The average molecular weight is 261 g/mol. The summed E-state index contributed by atoms with van der Waals surface area (Å²) in [7, 11) is 0. The van der Waals surface area contributed by atoms with Gasteiger partial charge in [0.1, 0.15) is 5.75 Å². The molecule has 7 heteroatoms. The topological polar surface area (TPSA) is 92.8 Å². The molecule has 0 atom stereocenters. The maximum atomic E-state index is 11.6. The van der Waals surface area contributed by atoms with E-state index in [0.717, 1.165) is 16.9 Å². The molecule has 19 heavy (non-hydrogen) atoms. The van der Waals surface area contributed by atoms with Gasteiger partial charge in [0.2, 0.25) is 0 Å². The summed E-state index contributed by atoms with van der Waals surface area (Å²) < 4.78 is 5.47. The van der Waals surface area contributed by atoms with Crippen molar-refractivity contribution in [3.05, 3.63) is 35.2 Å². The number of amides is 1. The predicted octanol–water partition coefficient (Wildman–Crippen LogP) is 0.512. The van der Waals surface area contributed by atoms with Crippen molar-refractivity contribution in [2.75, 3.05) is 6.61 Å². The van der Waals surface area contributed by atoms with Gasteiger partial charge in [-0.1, -0.05) is 17.3 Å². The first-order chi connectivity index (χ1) is 9.15. The van der Waals surface area contributed by atoms with E-state index in [1.54, 1.807) is 0 Å². The Labute approximate surface area is 110 Å². The summed E-state index contributed by atoms with van der Waals surface area (Å²) in [6.07, 6.45) is 0. The summed E-state index contributed by atoms with van der Waals surface area (Å²) in [6, 6.07) is 5.86. The Hall–Kier alpha value is -2.44. The molecule has 0 aliphatic heterocycles. The van der Waals surface area contributed by atoms with Crippen LogP contribution in [0.3, 0.4) is 0 Å². The van der Waals surface area contributed by atoms with Crippen LogP contribution in [0.25, 0.3) is 0 Å². The van der Waals surface area contributed by atoms with Crippen molar-refractivity contribution < 1.29 is 9.53 Å². The molecule has 2 aromatic rings. The summed E-state index contributed by atoms with van der Waals surface area (Å²) in [6.45, 7) is 4.10. The number of nitrogens with one attached hydrogen (secondary N) is 2. The number of H-pyrrole nitrogens is 1. The Morgan fingerprint density at radius 2 is 2.26 bits per heavy atom. The zero-order valence-corrected chi connectivity index (χ0v) is 10.8. The van der Waals surface area contributed by atoms with Gasteiger partial charge in [-0.2, -0.15) is 5.21 Å². The van der Waals surface area contributed by atoms with E-state index < -0.39 is 0 Å². The number of ether oxygens (including phenoxy) is 1. The van der Waals surface area contributed by atoms with Gasteiger partial charge < -0.3 is 10.1 Å². The molecule has 0 radical (unpaired) electrons. The largest absolute Gasteiger partial charge is 0.483 e. The molecule has 0 unspecified atom stereocenters. The van der Waals surface area contributed by atoms with Gasteiger partial charge in [0.25, 0.3) is 5.91 Å². The maximum Gasteiger partial charge on any atom is 0.258 e. The van der Waals surface area contributed by atoms with E-state index in [-0.39, 0.29) is 19.1 Å². The van der Waals surface area contributed by atoms with E-state index in [1.165, 1.54) is 0 Å². The van der Waals surface area contributed by atoms with Crippen LogP contribution in [0, 0.1) is 13.8 Å². The Morgan fingerprint density at radius 3 is 3.00 bits per heavy atom. The number of aryl methyl sites for hydroxylation is 2. The second-order valence-corrected chi connectivity index (χ2v) is 4.16. The first-order valence-electron chi connectivity index (χ1n) is 5.84. The van der Waals surface area contributed by atoms with Gasteiger partial charge in [0.15, 0.2) is 12.4 Å². The Kier molecular flexibility index (Phi) is 4.07. The SMILES string of the molecule is Cc1ccc(C)c(OCC(=O)NCc2nn[nH]n2)c1. The molecule has 0 spiro atoms. The number of rotatable bonds is 5. The third kappa shape index (κ3) is 3.77. The van der Waals surface area contributed by atoms with Gasteiger partial charge in [0, 0.05) is 0 Å². The number of aromatic amines is 1. The Bertz CT molecular complexity index is 553. The number of carbonyl (C=O) groups excluding carboxylic acids is 1. The fourth-order valence-corrected chi connectivity index (χ4v) is 1.49. The number of nitrogens with zero attached hydrogens (tertiary/aromatic N) is 3. The number of carbonyl (C=O) groups is 1. The van der Waals surface area contributed by atoms with Crippen LogP contribution in [-0.4, -0.2) is 33.1 Å². The highest BCUT2D eigenvalue weighted by Crippen LogP contribution is 2.18. The van der Waals surface area contributed by atoms with Gasteiger partial charge in [-0.3, -0.25) is 4.79 Å². The Morgan fingerprint density at radius 1 is 1.42 bits per heavy atom. The Balaban J connectivity index is 1.81. The molecule has 0 bridgehead atoms. The molecule has 0 aliphatic rings. The fourth-order valence-electron chi connectivity index (χ4n) is 1.49. The lowest BCUT2D eigenvalue weighted by atomic mass is 10.1. The van der Waals surface area contributed by atoms with Crippen molar-refractivity contribution in [3.8, 4) is 5.75 Å². The molecular formula is C12H15N5O2. The van der Waals surface area contributed by atoms with E-state index in [2.05, 4.69) is 25.9 Å². The molecule has 1 amide bonds. The standard InChI is InChI=1S/C12H15N5O2/c1-8-3-4-9(2)10(5-8)19-7-12(18)13-6-11-14-16-17-15-11/h3-5H,6-7H2,1-2H3,(H,13,18)(H,14,15,16,17). The minimum Gasteiger partial charge on any atom is -0.483 e. The molecule has 100 valence electrons. The van der Waals surface area contributed by atoms with Crippen molar-refractivity contribution in [1.82, 2.24) is 25.9 Å². The molecule has 2 N–H and O–H groups in total. The number of benzene rings is 1. The lowest BCUT2D eigenvalue weighted by molar-refractivity contribution is -0.123. The monoisotopic (exact) mass is 261 g/mol. The van der Waals surface area contributed by atoms with Crippen molar-refractivity contribution in [3.63, 3.8) is 0 Å². The summed E-state index contributed by atoms with van der Waals surface area (Å²) in [5.41, 5.74) is 2.09. The van der Waals surface area contributed by atoms with Crippen LogP contribution in [-0.2, 0) is 11.3 Å². The van der Waals surface area contributed by atoms with Crippen molar-refractivity contribution in [1.29, 1.82) is 0 Å². The average Bonchev–Trinajstić information content (AvgIpc) is 2.90. The lowest BCUT2D eigenvalue weighted by Gasteiger charge is -2.09. The molecule has 0 aliphatic carbocycles. The first kappa shape index (κ1) is 13.0. The van der Waals surface area contributed by atoms with Gasteiger partial charge in [-0.15, -0.1) is 10.2 Å². The zero-order valence-electron chi connectivity index (χ0n) is 10.8. The number of aromatic nitrogens is 4. The van der Waals surface area contributed by atoms with E-state index >= 15 is 0 Å². The molecule has 0 saturated carbocycles. The maximum absolute atomic E-state index is 11.6. The number of tetrazole rings is 1. The van der Waals surface area contributed by atoms with Gasteiger partial charge >= 0.3 is 0 Å². The molecule has 0 fully saturated rings. The van der Waals surface area contributed by atoms with Gasteiger partial charge in [0.05, 0.1) is 6.54 Å². The third-order valence-corrected chi connectivity index (χ3v) is 2.54. The van der Waals surface area contributed by atoms with Crippen LogP contribution in [0.5, 0.6) is 5.75 Å². The molecule has 0 saturated heterocycles. The molecule has 1 heterocycles. The van der Waals surface area contributed by atoms with Crippen LogP contribution >= 0.6 is 0 Å². The minimum absolute atomic E-state index is 0.0395. The second kappa shape index (κ2) is 5.94. The number of hydrogen-bond acceptors (Lipinski definition) is 5. The second-order valence-electron chi connectivity index (χ2n) is 4.16. The highest BCUT2D eigenvalue weighted by molar-refractivity contribution is 5.77. The first-order valence-corrected chi connectivity index (χ1v) is 5.84. The third-order valence-electron chi connectivity index (χ3n) is 2.54. The smallest absolute Gasteiger partial charge is 0.258 e. The summed E-state index contributed by atoms with van der Waals surface area (Å²) in [5.74, 6) is 0.917. The summed E-state index contributed by atoms with van der Waals surface area (Å²) in [5, 5.41) is 15.8. The zero-order chi connectivity index (χ0) is 13.7. The summed E-state index contributed by atoms with van der Waals surface area (Å²) in [4.78, 5) is 11.6. The van der Waals surface area contributed by atoms with E-state index in [9.17, 15) is 4.79 Å². The number of hydrogen-bond donors (Lipinski definition) is 2. The van der Waals surface area contributed by atoms with Crippen LogP contribution in [0.4, 0.5) is 0 Å². The van der Waals surface area contributed by atoms with Crippen molar-refractivity contribution in [2.45, 2.75) is 20.4 Å². The molecule has 2 rings (SSSR count). The van der Waals surface area contributed by atoms with E-state index in [0.29, 0.717) is 5.82 Å². The summed E-state index contributed by atoms with van der Waals surface area (Å²) >= 11 is 0. The van der Waals surface area contributed by atoms with E-state index in [4.69, 9.17) is 4.74 Å². The van der Waals surface area contributed by atoms with Crippen molar-refractivity contribution >= 4 is 5.91 Å². The van der Waals surface area contributed by atoms with Crippen LogP contribution in [0.1, 0.15) is 17.0 Å². The molecule has 7 nitrogen and oxygen atoms in total. The molecule has 1 aromatic heterocycles. The van der Waals surface area contributed by atoms with Crippen LogP contribution in [0.15, 0.2) is 18.2 Å². The minimum atomic E-state index is -0.231. The predicted molar refractivity (Wildman–Crippen MR) is 67.4 cm³/mol. The van der Waals surface area contributed by atoms with Crippen molar-refractivity contribution in [2.24, 2.45) is 0 Å². The molecular weight excluding hydrogens is 246 g/mol. The van der Waals surface area contributed by atoms with E-state index in [1.807, 2.05) is 32.0 Å².